The van der Waals surface area contributed by atoms with Crippen LogP contribution in [0.5, 0.6) is 0 Å². The predicted molar refractivity (Wildman–Crippen MR) is 93.4 cm³/mol. The van der Waals surface area contributed by atoms with Crippen LogP contribution >= 0.6 is 0 Å². The van der Waals surface area contributed by atoms with Crippen molar-refractivity contribution in [1.29, 1.82) is 0 Å². The van der Waals surface area contributed by atoms with E-state index in [9.17, 15) is 9.90 Å². The Morgan fingerprint density at radius 1 is 1.25 bits per heavy atom. The number of aliphatic hydroxyl groups is 1. The second kappa shape index (κ2) is 8.13. The molecule has 1 heterocycles. The normalized spacial score (nSPS) is 28.0. The third-order valence-corrected chi connectivity index (χ3v) is 5.66. The Bertz CT molecular complexity index is 533. The summed E-state index contributed by atoms with van der Waals surface area (Å²) in [6.07, 6.45) is 7.46. The minimum absolute atomic E-state index is 0.0754. The average Bonchev–Trinajstić information content (AvgIpc) is 2.61. The largest absolute Gasteiger partial charge is 0.391 e. The summed E-state index contributed by atoms with van der Waals surface area (Å²) in [7, 11) is 0. The van der Waals surface area contributed by atoms with Crippen molar-refractivity contribution in [2.45, 2.75) is 69.6 Å². The minimum Gasteiger partial charge on any atom is -0.391 e. The Kier molecular flexibility index (Phi) is 5.90. The summed E-state index contributed by atoms with van der Waals surface area (Å²) in [5.41, 5.74) is 1.05. The lowest BCUT2D eigenvalue weighted by atomic mass is 9.66. The van der Waals surface area contributed by atoms with Gasteiger partial charge in [-0.25, -0.2) is 0 Å². The van der Waals surface area contributed by atoms with Crippen molar-refractivity contribution in [1.82, 2.24) is 5.32 Å². The Balaban J connectivity index is 1.45. The number of carbonyl (C=O) groups excluding carboxylic acids is 1. The van der Waals surface area contributed by atoms with Crippen LogP contribution in [0.1, 0.15) is 56.9 Å². The molecule has 3 rings (SSSR count). The summed E-state index contributed by atoms with van der Waals surface area (Å²) in [5, 5.41) is 13.6. The van der Waals surface area contributed by atoms with Gasteiger partial charge in [0.2, 0.25) is 5.91 Å². The Morgan fingerprint density at radius 3 is 2.92 bits per heavy atom. The zero-order chi connectivity index (χ0) is 16.8. The second-order valence-electron chi connectivity index (χ2n) is 7.38. The fourth-order valence-corrected chi connectivity index (χ4v) is 4.33. The molecule has 24 heavy (non-hydrogen) atoms. The number of hydrogen-bond donors (Lipinski definition) is 2. The zero-order valence-corrected chi connectivity index (χ0v) is 14.4. The molecule has 0 spiro atoms. The van der Waals surface area contributed by atoms with Crippen LogP contribution in [-0.4, -0.2) is 29.3 Å². The number of aliphatic hydroxyl groups excluding tert-OH is 1. The topological polar surface area (TPSA) is 58.6 Å². The minimum atomic E-state index is -0.468. The monoisotopic (exact) mass is 331 g/mol. The number of amides is 1. The fraction of sp³-hybridized carbons (Fsp3) is 0.650. The second-order valence-corrected chi connectivity index (χ2v) is 7.38. The first-order valence-corrected chi connectivity index (χ1v) is 9.29. The van der Waals surface area contributed by atoms with Crippen LogP contribution in [0.25, 0.3) is 0 Å². The molecule has 2 fully saturated rings. The highest BCUT2D eigenvalue weighted by Crippen LogP contribution is 2.42. The summed E-state index contributed by atoms with van der Waals surface area (Å²) in [5.74, 6) is 0.768. The van der Waals surface area contributed by atoms with Crippen LogP contribution in [0.4, 0.5) is 0 Å². The SMILES string of the molecule is O=C1CC[C@@H]2CCCC[C@@]2(CC[C@@H](O)COCc2ccccc2)N1. The van der Waals surface area contributed by atoms with E-state index in [1.54, 1.807) is 0 Å². The van der Waals surface area contributed by atoms with E-state index in [4.69, 9.17) is 4.74 Å². The quantitative estimate of drug-likeness (QED) is 0.807. The van der Waals surface area contributed by atoms with Crippen LogP contribution in [0, 0.1) is 5.92 Å². The van der Waals surface area contributed by atoms with E-state index in [2.05, 4.69) is 5.32 Å². The van der Waals surface area contributed by atoms with Gasteiger partial charge >= 0.3 is 0 Å². The van der Waals surface area contributed by atoms with Gasteiger partial charge in [-0.05, 0) is 43.6 Å². The maximum Gasteiger partial charge on any atom is 0.220 e. The van der Waals surface area contributed by atoms with Crippen molar-refractivity contribution in [2.24, 2.45) is 5.92 Å². The number of fused-ring (bicyclic) bond motifs is 1. The summed E-state index contributed by atoms with van der Waals surface area (Å²) in [6, 6.07) is 10.0. The van der Waals surface area contributed by atoms with Gasteiger partial charge in [-0.2, -0.15) is 0 Å². The molecule has 1 saturated carbocycles. The van der Waals surface area contributed by atoms with Crippen molar-refractivity contribution in [2.75, 3.05) is 6.61 Å². The Morgan fingerprint density at radius 2 is 2.08 bits per heavy atom. The van der Waals surface area contributed by atoms with E-state index in [1.807, 2.05) is 30.3 Å². The molecule has 1 aromatic rings. The summed E-state index contributed by atoms with van der Waals surface area (Å²) in [4.78, 5) is 11.9. The summed E-state index contributed by atoms with van der Waals surface area (Å²) < 4.78 is 5.64. The third-order valence-electron chi connectivity index (χ3n) is 5.66. The molecule has 1 amide bonds. The molecular formula is C20H29NO3. The van der Waals surface area contributed by atoms with E-state index in [-0.39, 0.29) is 11.4 Å². The van der Waals surface area contributed by atoms with Crippen LogP contribution in [0.3, 0.4) is 0 Å². The summed E-state index contributed by atoms with van der Waals surface area (Å²) >= 11 is 0. The first kappa shape index (κ1) is 17.4. The molecule has 4 heteroatoms. The molecule has 1 saturated heterocycles. The Hall–Kier alpha value is -1.39. The molecule has 0 aromatic heterocycles. The van der Waals surface area contributed by atoms with Crippen molar-refractivity contribution < 1.29 is 14.6 Å². The standard InChI is InChI=1S/C20H29NO3/c22-18(15-24-14-16-6-2-1-3-7-16)11-13-20-12-5-4-8-17(20)9-10-19(23)21-20/h1-3,6-7,17-18,22H,4-5,8-15H2,(H,21,23)/t17-,18+,20-/m0/s1. The molecule has 2 aliphatic rings. The van der Waals surface area contributed by atoms with Gasteiger partial charge in [0.25, 0.3) is 0 Å². The molecule has 4 nitrogen and oxygen atoms in total. The molecule has 1 aromatic carbocycles. The lowest BCUT2D eigenvalue weighted by Gasteiger charge is -2.48. The van der Waals surface area contributed by atoms with Crippen molar-refractivity contribution in [3.63, 3.8) is 0 Å². The third kappa shape index (κ3) is 4.37. The number of nitrogens with one attached hydrogen (secondary N) is 1. The smallest absolute Gasteiger partial charge is 0.220 e. The fourth-order valence-electron chi connectivity index (χ4n) is 4.33. The van der Waals surface area contributed by atoms with Gasteiger partial charge in [0.05, 0.1) is 19.3 Å². The highest BCUT2D eigenvalue weighted by atomic mass is 16.5. The molecule has 1 aliphatic heterocycles. The van der Waals surface area contributed by atoms with Crippen LogP contribution in [-0.2, 0) is 16.1 Å². The zero-order valence-electron chi connectivity index (χ0n) is 14.4. The van der Waals surface area contributed by atoms with Gasteiger partial charge in [0, 0.05) is 12.0 Å². The lowest BCUT2D eigenvalue weighted by Crippen LogP contribution is -2.58. The van der Waals surface area contributed by atoms with E-state index >= 15 is 0 Å². The molecule has 0 radical (unpaired) electrons. The van der Waals surface area contributed by atoms with Gasteiger partial charge in [-0.15, -0.1) is 0 Å². The highest BCUT2D eigenvalue weighted by Gasteiger charge is 2.44. The van der Waals surface area contributed by atoms with Crippen LogP contribution in [0.2, 0.25) is 0 Å². The molecule has 1 aliphatic carbocycles. The average molecular weight is 331 g/mol. The van der Waals surface area contributed by atoms with E-state index in [1.165, 1.54) is 19.3 Å². The van der Waals surface area contributed by atoms with Crippen molar-refractivity contribution in [3.8, 4) is 0 Å². The van der Waals surface area contributed by atoms with Crippen molar-refractivity contribution in [3.05, 3.63) is 35.9 Å². The highest BCUT2D eigenvalue weighted by molar-refractivity contribution is 5.77. The van der Waals surface area contributed by atoms with E-state index in [0.717, 1.165) is 24.8 Å². The van der Waals surface area contributed by atoms with Gasteiger partial charge in [0.15, 0.2) is 0 Å². The number of rotatable bonds is 7. The predicted octanol–water partition coefficient (Wildman–Crippen LogP) is 3.18. The number of carbonyl (C=O) groups is 1. The van der Waals surface area contributed by atoms with Gasteiger partial charge < -0.3 is 15.2 Å². The van der Waals surface area contributed by atoms with Crippen LogP contribution < -0.4 is 5.32 Å². The molecule has 0 bridgehead atoms. The van der Waals surface area contributed by atoms with Gasteiger partial charge in [-0.3, -0.25) is 4.79 Å². The number of piperidine rings is 1. The molecule has 0 unspecified atom stereocenters. The number of benzene rings is 1. The number of ether oxygens (including phenoxy) is 1. The van der Waals surface area contributed by atoms with E-state index in [0.29, 0.717) is 32.0 Å². The van der Waals surface area contributed by atoms with E-state index < -0.39 is 6.10 Å². The van der Waals surface area contributed by atoms with Gasteiger partial charge in [0.1, 0.15) is 0 Å². The van der Waals surface area contributed by atoms with Crippen LogP contribution in [0.15, 0.2) is 30.3 Å². The molecular weight excluding hydrogens is 302 g/mol. The number of hydrogen-bond acceptors (Lipinski definition) is 3. The maximum atomic E-state index is 11.9. The molecule has 132 valence electrons. The first-order valence-electron chi connectivity index (χ1n) is 9.29. The lowest BCUT2D eigenvalue weighted by molar-refractivity contribution is -0.128. The maximum absolute atomic E-state index is 11.9. The molecule has 3 atom stereocenters. The van der Waals surface area contributed by atoms with Crippen molar-refractivity contribution >= 4 is 5.91 Å². The molecule has 2 N–H and O–H groups in total. The Labute approximate surface area is 144 Å². The summed E-state index contributed by atoms with van der Waals surface area (Å²) in [6.45, 7) is 0.881. The first-order chi connectivity index (χ1) is 11.7. The van der Waals surface area contributed by atoms with Gasteiger partial charge in [-0.1, -0.05) is 43.2 Å².